The van der Waals surface area contributed by atoms with E-state index in [9.17, 15) is 4.79 Å². The molecular weight excluding hydrogens is 258 g/mol. The summed E-state index contributed by atoms with van der Waals surface area (Å²) < 4.78 is 10.3. The number of rotatable bonds is 4. The number of aryl methyl sites for hydroxylation is 1. The van der Waals surface area contributed by atoms with E-state index in [0.29, 0.717) is 12.3 Å². The molecule has 2 aromatic rings. The predicted octanol–water partition coefficient (Wildman–Crippen LogP) is 2.86. The predicted molar refractivity (Wildman–Crippen MR) is 70.8 cm³/mol. The molecule has 0 bridgehead atoms. The third-order valence-electron chi connectivity index (χ3n) is 2.51. The van der Waals surface area contributed by atoms with Crippen molar-refractivity contribution >= 4 is 12.0 Å². The summed E-state index contributed by atoms with van der Waals surface area (Å²) in [4.78, 5) is 15.5. The van der Waals surface area contributed by atoms with Crippen LogP contribution in [0.25, 0.3) is 0 Å². The van der Waals surface area contributed by atoms with E-state index in [1.165, 1.54) is 0 Å². The first kappa shape index (κ1) is 13.6. The zero-order valence-corrected chi connectivity index (χ0v) is 10.9. The van der Waals surface area contributed by atoms with Crippen LogP contribution in [0.5, 0.6) is 0 Å². The number of anilines is 1. The molecule has 0 spiro atoms. The molecule has 0 fully saturated rings. The van der Waals surface area contributed by atoms with Crippen LogP contribution in [0.1, 0.15) is 24.1 Å². The summed E-state index contributed by atoms with van der Waals surface area (Å²) in [5.74, 6) is 0.405. The summed E-state index contributed by atoms with van der Waals surface area (Å²) in [5.41, 5.74) is 0.911. The highest BCUT2D eigenvalue weighted by atomic mass is 16.6. The summed E-state index contributed by atoms with van der Waals surface area (Å²) in [6, 6.07) is 11.1. The Morgan fingerprint density at radius 3 is 2.85 bits per heavy atom. The Balaban J connectivity index is 1.95. The van der Waals surface area contributed by atoms with Crippen LogP contribution in [0.2, 0.25) is 0 Å². The highest BCUT2D eigenvalue weighted by Gasteiger charge is 2.15. The molecule has 2 rings (SSSR count). The van der Waals surface area contributed by atoms with Gasteiger partial charge in [-0.2, -0.15) is 5.26 Å². The van der Waals surface area contributed by atoms with Gasteiger partial charge in [0.15, 0.2) is 5.89 Å². The molecule has 0 saturated carbocycles. The van der Waals surface area contributed by atoms with Crippen LogP contribution >= 0.6 is 0 Å². The van der Waals surface area contributed by atoms with E-state index in [-0.39, 0.29) is 18.2 Å². The average molecular weight is 271 g/mol. The van der Waals surface area contributed by atoms with E-state index in [0.717, 1.165) is 5.56 Å². The van der Waals surface area contributed by atoms with Gasteiger partial charge in [-0.25, -0.2) is 9.78 Å². The van der Waals surface area contributed by atoms with Crippen molar-refractivity contribution in [1.82, 2.24) is 4.98 Å². The lowest BCUT2D eigenvalue weighted by Gasteiger charge is -2.04. The maximum Gasteiger partial charge on any atom is 0.414 e. The van der Waals surface area contributed by atoms with Gasteiger partial charge in [0.25, 0.3) is 0 Å². The first-order chi connectivity index (χ1) is 9.72. The smallest absolute Gasteiger partial charge is 0.414 e. The Hall–Kier alpha value is -2.81. The Labute approximate surface area is 116 Å². The number of oxazole rings is 1. The molecule has 1 aromatic heterocycles. The van der Waals surface area contributed by atoms with Crippen LogP contribution in [0.3, 0.4) is 0 Å². The molecule has 102 valence electrons. The van der Waals surface area contributed by atoms with Gasteiger partial charge in [0.05, 0.1) is 0 Å². The number of carbonyl (C=O) groups is 1. The van der Waals surface area contributed by atoms with Crippen LogP contribution < -0.4 is 5.32 Å². The standard InChI is InChI=1S/C14H13N3O3/c1-2-12-16-11(8-15)13(20-12)17-14(18)19-9-10-6-4-3-5-7-10/h3-7H,2,9H2,1H3,(H,17,18). The van der Waals surface area contributed by atoms with Gasteiger partial charge in [-0.1, -0.05) is 37.3 Å². The van der Waals surface area contributed by atoms with E-state index in [1.54, 1.807) is 0 Å². The lowest BCUT2D eigenvalue weighted by atomic mass is 10.2. The summed E-state index contributed by atoms with van der Waals surface area (Å²) in [6.07, 6.45) is -0.153. The summed E-state index contributed by atoms with van der Waals surface area (Å²) in [6.45, 7) is 1.98. The van der Waals surface area contributed by atoms with Crippen molar-refractivity contribution in [1.29, 1.82) is 5.26 Å². The second kappa shape index (κ2) is 6.38. The van der Waals surface area contributed by atoms with E-state index < -0.39 is 6.09 Å². The number of hydrogen-bond donors (Lipinski definition) is 1. The molecule has 0 aliphatic rings. The number of nitrogens with zero attached hydrogens (tertiary/aromatic N) is 2. The minimum Gasteiger partial charge on any atom is -0.444 e. The van der Waals surface area contributed by atoms with Crippen molar-refractivity contribution in [3.63, 3.8) is 0 Å². The zero-order valence-electron chi connectivity index (χ0n) is 10.9. The Morgan fingerprint density at radius 1 is 1.45 bits per heavy atom. The largest absolute Gasteiger partial charge is 0.444 e. The van der Waals surface area contributed by atoms with Crippen molar-refractivity contribution in [2.45, 2.75) is 20.0 Å². The topological polar surface area (TPSA) is 88.2 Å². The summed E-state index contributed by atoms with van der Waals surface area (Å²) in [5, 5.41) is 11.3. The average Bonchev–Trinajstić information content (AvgIpc) is 2.88. The van der Waals surface area contributed by atoms with Gasteiger partial charge in [-0.3, -0.25) is 5.32 Å². The van der Waals surface area contributed by atoms with E-state index >= 15 is 0 Å². The first-order valence-electron chi connectivity index (χ1n) is 6.10. The monoisotopic (exact) mass is 271 g/mol. The number of nitriles is 1. The quantitative estimate of drug-likeness (QED) is 0.923. The molecule has 1 amide bonds. The molecule has 1 aromatic carbocycles. The number of amides is 1. The van der Waals surface area contributed by atoms with Crippen molar-refractivity contribution in [2.75, 3.05) is 5.32 Å². The summed E-state index contributed by atoms with van der Waals surface area (Å²) in [7, 11) is 0. The van der Waals surface area contributed by atoms with Gasteiger partial charge in [0, 0.05) is 6.42 Å². The van der Waals surface area contributed by atoms with E-state index in [4.69, 9.17) is 14.4 Å². The molecular formula is C14H13N3O3. The van der Waals surface area contributed by atoms with Gasteiger partial charge >= 0.3 is 6.09 Å². The van der Waals surface area contributed by atoms with E-state index in [2.05, 4.69) is 10.3 Å². The van der Waals surface area contributed by atoms with Crippen LogP contribution in [-0.4, -0.2) is 11.1 Å². The maximum atomic E-state index is 11.6. The van der Waals surface area contributed by atoms with Crippen molar-refractivity contribution in [3.05, 3.63) is 47.5 Å². The highest BCUT2D eigenvalue weighted by molar-refractivity contribution is 5.84. The maximum absolute atomic E-state index is 11.6. The van der Waals surface area contributed by atoms with Crippen LogP contribution in [-0.2, 0) is 17.8 Å². The highest BCUT2D eigenvalue weighted by Crippen LogP contribution is 2.17. The van der Waals surface area contributed by atoms with Crippen molar-refractivity contribution in [3.8, 4) is 6.07 Å². The molecule has 0 radical (unpaired) electrons. The van der Waals surface area contributed by atoms with Gasteiger partial charge in [-0.15, -0.1) is 0 Å². The van der Waals surface area contributed by atoms with Gasteiger partial charge in [0.2, 0.25) is 11.6 Å². The first-order valence-corrected chi connectivity index (χ1v) is 6.10. The number of carbonyl (C=O) groups excluding carboxylic acids is 1. The number of ether oxygens (including phenoxy) is 1. The zero-order chi connectivity index (χ0) is 14.4. The number of hydrogen-bond acceptors (Lipinski definition) is 5. The van der Waals surface area contributed by atoms with E-state index in [1.807, 2.05) is 43.3 Å². The van der Waals surface area contributed by atoms with Crippen LogP contribution in [0.4, 0.5) is 10.7 Å². The second-order valence-corrected chi connectivity index (χ2v) is 3.94. The van der Waals surface area contributed by atoms with Gasteiger partial charge in [0.1, 0.15) is 12.7 Å². The second-order valence-electron chi connectivity index (χ2n) is 3.94. The van der Waals surface area contributed by atoms with Gasteiger partial charge in [-0.05, 0) is 5.56 Å². The molecule has 0 atom stereocenters. The van der Waals surface area contributed by atoms with Crippen LogP contribution in [0, 0.1) is 11.3 Å². The molecule has 1 N–H and O–H groups in total. The number of aromatic nitrogens is 1. The van der Waals surface area contributed by atoms with Crippen LogP contribution in [0.15, 0.2) is 34.7 Å². The molecule has 6 heteroatoms. The minimum atomic E-state index is -0.691. The molecule has 0 unspecified atom stereocenters. The van der Waals surface area contributed by atoms with Crippen molar-refractivity contribution in [2.24, 2.45) is 0 Å². The lowest BCUT2D eigenvalue weighted by Crippen LogP contribution is -2.13. The Bertz CT molecular complexity index is 629. The Morgan fingerprint density at radius 2 is 2.20 bits per heavy atom. The number of nitrogens with one attached hydrogen (secondary N) is 1. The molecule has 0 aliphatic heterocycles. The van der Waals surface area contributed by atoms with Crippen molar-refractivity contribution < 1.29 is 13.9 Å². The third-order valence-corrected chi connectivity index (χ3v) is 2.51. The third kappa shape index (κ3) is 3.36. The Kier molecular flexibility index (Phi) is 4.35. The summed E-state index contributed by atoms with van der Waals surface area (Å²) >= 11 is 0. The molecule has 0 saturated heterocycles. The van der Waals surface area contributed by atoms with Gasteiger partial charge < -0.3 is 9.15 Å². The molecule has 0 aliphatic carbocycles. The fraction of sp³-hybridized carbons (Fsp3) is 0.214. The lowest BCUT2D eigenvalue weighted by molar-refractivity contribution is 0.154. The normalized spacial score (nSPS) is 9.80. The SMILES string of the molecule is CCc1nc(C#N)c(NC(=O)OCc2ccccc2)o1. The fourth-order valence-electron chi connectivity index (χ4n) is 1.53. The minimum absolute atomic E-state index is 0.0161. The molecule has 20 heavy (non-hydrogen) atoms. The molecule has 6 nitrogen and oxygen atoms in total. The number of benzene rings is 1. The molecule has 1 heterocycles. The fourth-order valence-corrected chi connectivity index (χ4v) is 1.53.